The van der Waals surface area contributed by atoms with Gasteiger partial charge in [-0.05, 0) is 31.2 Å². The van der Waals surface area contributed by atoms with Crippen molar-refractivity contribution in [3.8, 4) is 10.7 Å². The quantitative estimate of drug-likeness (QED) is 0.286. The molecule has 0 radical (unpaired) electrons. The molecule has 8 nitrogen and oxygen atoms in total. The second kappa shape index (κ2) is 9.68. The van der Waals surface area contributed by atoms with Gasteiger partial charge in [0.25, 0.3) is 0 Å². The minimum absolute atomic E-state index is 0.0582. The number of nitrogens with zero attached hydrogens (tertiary/aromatic N) is 5. The number of hydrogen-bond donors (Lipinski definition) is 0. The minimum Gasteiger partial charge on any atom is -0.467 e. The zero-order chi connectivity index (χ0) is 20.8. The third kappa shape index (κ3) is 4.95. The molecule has 4 heterocycles. The highest BCUT2D eigenvalue weighted by Crippen LogP contribution is 2.27. The summed E-state index contributed by atoms with van der Waals surface area (Å²) in [6.45, 7) is 2.54. The van der Waals surface area contributed by atoms with Crippen LogP contribution in [-0.2, 0) is 28.2 Å². The summed E-state index contributed by atoms with van der Waals surface area (Å²) in [4.78, 5) is 21.0. The molecule has 0 spiro atoms. The summed E-state index contributed by atoms with van der Waals surface area (Å²) < 4.78 is 12.4. The Balaban J connectivity index is 1.50. The second-order valence-corrected chi connectivity index (χ2v) is 7.99. The van der Waals surface area contributed by atoms with E-state index in [-0.39, 0.29) is 12.4 Å². The third-order valence-corrected chi connectivity index (χ3v) is 5.99. The molecular weight excluding hydrogens is 422 g/mol. The Morgan fingerprint density at radius 2 is 2.20 bits per heavy atom. The lowest BCUT2D eigenvalue weighted by Crippen LogP contribution is -2.13. The number of hydrogen-bond acceptors (Lipinski definition) is 9. The van der Waals surface area contributed by atoms with E-state index in [0.29, 0.717) is 29.9 Å². The standard InChI is InChI=1S/C20H19N5O3S2/c1-2-27-18(26)10-17-23-24-20(25(17)11-15-6-5-9-28-15)30-13-14-12-29-19(22-14)16-7-3-4-8-21-16/h3-9,12H,2,10-11,13H2,1H3. The Kier molecular flexibility index (Phi) is 6.55. The molecule has 0 unspecified atom stereocenters. The molecule has 4 rings (SSSR count). The Hall–Kier alpha value is -2.98. The number of ether oxygens (including phenoxy) is 1. The van der Waals surface area contributed by atoms with Crippen molar-refractivity contribution >= 4 is 29.1 Å². The number of esters is 1. The predicted molar refractivity (Wildman–Crippen MR) is 113 cm³/mol. The Morgan fingerprint density at radius 1 is 1.27 bits per heavy atom. The average Bonchev–Trinajstić information content (AvgIpc) is 3.51. The molecule has 0 N–H and O–H groups in total. The summed E-state index contributed by atoms with van der Waals surface area (Å²) in [7, 11) is 0. The van der Waals surface area contributed by atoms with Crippen molar-refractivity contribution in [2.24, 2.45) is 0 Å². The van der Waals surface area contributed by atoms with Crippen LogP contribution in [-0.4, -0.2) is 37.3 Å². The van der Waals surface area contributed by atoms with Crippen LogP contribution in [0.5, 0.6) is 0 Å². The molecule has 0 atom stereocenters. The van der Waals surface area contributed by atoms with Gasteiger partial charge >= 0.3 is 5.97 Å². The van der Waals surface area contributed by atoms with Gasteiger partial charge in [0.05, 0.1) is 30.8 Å². The van der Waals surface area contributed by atoms with E-state index in [1.165, 1.54) is 11.8 Å². The largest absolute Gasteiger partial charge is 0.467 e. The maximum Gasteiger partial charge on any atom is 0.313 e. The normalized spacial score (nSPS) is 11.0. The number of pyridine rings is 1. The van der Waals surface area contributed by atoms with E-state index < -0.39 is 0 Å². The molecule has 0 saturated carbocycles. The van der Waals surface area contributed by atoms with Crippen LogP contribution in [0.2, 0.25) is 0 Å². The molecule has 10 heteroatoms. The van der Waals surface area contributed by atoms with Crippen molar-refractivity contribution in [3.05, 3.63) is 65.5 Å². The monoisotopic (exact) mass is 441 g/mol. The lowest BCUT2D eigenvalue weighted by molar-refractivity contribution is -0.142. The first-order chi connectivity index (χ1) is 14.7. The second-order valence-electron chi connectivity index (χ2n) is 6.19. The Morgan fingerprint density at radius 3 is 2.97 bits per heavy atom. The predicted octanol–water partition coefficient (Wildman–Crippen LogP) is 3.84. The van der Waals surface area contributed by atoms with Gasteiger partial charge in [0.2, 0.25) is 0 Å². The van der Waals surface area contributed by atoms with E-state index in [0.717, 1.165) is 22.2 Å². The highest BCUT2D eigenvalue weighted by atomic mass is 32.2. The van der Waals surface area contributed by atoms with E-state index in [9.17, 15) is 4.79 Å². The molecule has 0 aromatic carbocycles. The molecule has 0 aliphatic carbocycles. The van der Waals surface area contributed by atoms with Gasteiger partial charge in [0.1, 0.15) is 23.0 Å². The zero-order valence-electron chi connectivity index (χ0n) is 16.2. The van der Waals surface area contributed by atoms with Crippen molar-refractivity contribution in [1.82, 2.24) is 24.7 Å². The van der Waals surface area contributed by atoms with Crippen LogP contribution in [0.1, 0.15) is 24.2 Å². The molecule has 0 bridgehead atoms. The van der Waals surface area contributed by atoms with Crippen LogP contribution in [0.3, 0.4) is 0 Å². The van der Waals surface area contributed by atoms with Gasteiger partial charge in [-0.2, -0.15) is 0 Å². The summed E-state index contributed by atoms with van der Waals surface area (Å²) in [6, 6.07) is 9.47. The molecule has 30 heavy (non-hydrogen) atoms. The molecule has 0 amide bonds. The van der Waals surface area contributed by atoms with Crippen LogP contribution in [0, 0.1) is 0 Å². The maximum absolute atomic E-state index is 11.9. The van der Waals surface area contributed by atoms with E-state index >= 15 is 0 Å². The van der Waals surface area contributed by atoms with Gasteiger partial charge in [-0.3, -0.25) is 14.3 Å². The zero-order valence-corrected chi connectivity index (χ0v) is 17.9. The van der Waals surface area contributed by atoms with Crippen molar-refractivity contribution in [1.29, 1.82) is 0 Å². The molecule has 0 fully saturated rings. The molecular formula is C20H19N5O3S2. The first-order valence-electron chi connectivity index (χ1n) is 9.31. The van der Waals surface area contributed by atoms with Gasteiger partial charge in [-0.1, -0.05) is 17.8 Å². The van der Waals surface area contributed by atoms with Crippen LogP contribution in [0.15, 0.2) is 57.7 Å². The van der Waals surface area contributed by atoms with Crippen molar-refractivity contribution in [3.63, 3.8) is 0 Å². The average molecular weight is 442 g/mol. The summed E-state index contributed by atoms with van der Waals surface area (Å²) in [6.07, 6.45) is 3.43. The Bertz CT molecular complexity index is 1090. The van der Waals surface area contributed by atoms with Gasteiger partial charge in [0.15, 0.2) is 5.16 Å². The Labute approximate surface area is 181 Å². The minimum atomic E-state index is -0.332. The smallest absolute Gasteiger partial charge is 0.313 e. The molecule has 4 aromatic rings. The number of aromatic nitrogens is 5. The molecule has 4 aromatic heterocycles. The van der Waals surface area contributed by atoms with E-state index in [4.69, 9.17) is 9.15 Å². The number of furan rings is 1. The van der Waals surface area contributed by atoms with Gasteiger partial charge in [-0.25, -0.2) is 4.98 Å². The van der Waals surface area contributed by atoms with Crippen molar-refractivity contribution in [2.45, 2.75) is 30.8 Å². The van der Waals surface area contributed by atoms with Crippen molar-refractivity contribution < 1.29 is 13.9 Å². The van der Waals surface area contributed by atoms with Crippen molar-refractivity contribution in [2.75, 3.05) is 6.61 Å². The lowest BCUT2D eigenvalue weighted by Gasteiger charge is -2.08. The van der Waals surface area contributed by atoms with Crippen LogP contribution < -0.4 is 0 Å². The topological polar surface area (TPSA) is 95.9 Å². The van der Waals surface area contributed by atoms with Gasteiger partial charge in [0, 0.05) is 17.3 Å². The fourth-order valence-corrected chi connectivity index (χ4v) is 4.48. The summed E-state index contributed by atoms with van der Waals surface area (Å²) in [5.41, 5.74) is 1.79. The number of thioether (sulfide) groups is 1. The van der Waals surface area contributed by atoms with E-state index in [1.807, 2.05) is 40.3 Å². The molecule has 154 valence electrons. The number of carbonyl (C=O) groups is 1. The SMILES string of the molecule is CCOC(=O)Cc1nnc(SCc2csc(-c3ccccn3)n2)n1Cc1ccco1. The molecule has 0 aliphatic rings. The fourth-order valence-electron chi connectivity index (χ4n) is 2.73. The molecule has 0 saturated heterocycles. The highest BCUT2D eigenvalue weighted by Gasteiger charge is 2.18. The van der Waals surface area contributed by atoms with E-state index in [1.54, 1.807) is 30.7 Å². The maximum atomic E-state index is 11.9. The summed E-state index contributed by atoms with van der Waals surface area (Å²) in [5.74, 6) is 1.59. The first kappa shape index (κ1) is 20.3. The molecule has 0 aliphatic heterocycles. The number of rotatable bonds is 9. The highest BCUT2D eigenvalue weighted by molar-refractivity contribution is 7.98. The third-order valence-electron chi connectivity index (χ3n) is 4.08. The van der Waals surface area contributed by atoms with Gasteiger partial charge < -0.3 is 9.15 Å². The number of carbonyl (C=O) groups excluding carboxylic acids is 1. The lowest BCUT2D eigenvalue weighted by atomic mass is 10.4. The van der Waals surface area contributed by atoms with E-state index in [2.05, 4.69) is 20.2 Å². The fraction of sp³-hybridized carbons (Fsp3) is 0.250. The van der Waals surface area contributed by atoms with Crippen LogP contribution >= 0.6 is 23.1 Å². The van der Waals surface area contributed by atoms with Gasteiger partial charge in [-0.15, -0.1) is 21.5 Å². The first-order valence-corrected chi connectivity index (χ1v) is 11.2. The summed E-state index contributed by atoms with van der Waals surface area (Å²) >= 11 is 3.07. The van der Waals surface area contributed by atoms with Crippen LogP contribution in [0.25, 0.3) is 10.7 Å². The summed E-state index contributed by atoms with van der Waals surface area (Å²) in [5, 5.41) is 12.1. The number of thiazole rings is 1. The van der Waals surface area contributed by atoms with Crippen LogP contribution in [0.4, 0.5) is 0 Å².